The fourth-order valence-corrected chi connectivity index (χ4v) is 2.83. The second-order valence-corrected chi connectivity index (χ2v) is 6.93. The number of amides is 2. The number of halogens is 3. The summed E-state index contributed by atoms with van der Waals surface area (Å²) >= 11 is 18.1. The van der Waals surface area contributed by atoms with Crippen LogP contribution in [-0.4, -0.2) is 36.3 Å². The van der Waals surface area contributed by atoms with Gasteiger partial charge in [0.2, 0.25) is 11.8 Å². The number of carbonyl (C=O) groups is 2. The Morgan fingerprint density at radius 2 is 1.54 bits per heavy atom. The van der Waals surface area contributed by atoms with Crippen molar-refractivity contribution in [3.05, 3.63) is 57.5 Å². The van der Waals surface area contributed by atoms with Crippen LogP contribution in [-0.2, 0) is 9.59 Å². The number of nitrogens with zero attached hydrogens (tertiary/aromatic N) is 1. The zero-order chi connectivity index (χ0) is 19.3. The minimum atomic E-state index is -0.557. The lowest BCUT2D eigenvalue weighted by atomic mass is 10.2. The fourth-order valence-electron chi connectivity index (χ4n) is 2.16. The van der Waals surface area contributed by atoms with E-state index in [1.54, 1.807) is 61.3 Å². The molecule has 0 heterocycles. The number of nitrogens with one attached hydrogen (secondary N) is 2. The Hall–Kier alpha value is -1.79. The highest BCUT2D eigenvalue weighted by atomic mass is 35.5. The number of likely N-dealkylation sites (N-methyl/N-ethyl adjacent to an activating group) is 1. The van der Waals surface area contributed by atoms with E-state index in [9.17, 15) is 9.59 Å². The van der Waals surface area contributed by atoms with Gasteiger partial charge in [-0.2, -0.15) is 0 Å². The smallest absolute Gasteiger partial charge is 0.241 e. The van der Waals surface area contributed by atoms with Gasteiger partial charge in [-0.1, -0.05) is 53.0 Å². The van der Waals surface area contributed by atoms with Gasteiger partial charge in [0.05, 0.1) is 39.0 Å². The van der Waals surface area contributed by atoms with Crippen molar-refractivity contribution >= 4 is 58.0 Å². The van der Waals surface area contributed by atoms with Gasteiger partial charge in [-0.05, 0) is 38.2 Å². The Morgan fingerprint density at radius 1 is 0.962 bits per heavy atom. The summed E-state index contributed by atoms with van der Waals surface area (Å²) in [6.07, 6.45) is 0. The van der Waals surface area contributed by atoms with Crippen molar-refractivity contribution in [2.75, 3.05) is 24.2 Å². The lowest BCUT2D eigenvalue weighted by Crippen LogP contribution is -2.43. The summed E-state index contributed by atoms with van der Waals surface area (Å²) in [4.78, 5) is 26.2. The molecule has 1 unspecified atom stereocenters. The summed E-state index contributed by atoms with van der Waals surface area (Å²) in [6.45, 7) is 1.68. The fraction of sp³-hybridized carbons (Fsp3) is 0.222. The summed E-state index contributed by atoms with van der Waals surface area (Å²) < 4.78 is 0. The lowest BCUT2D eigenvalue weighted by molar-refractivity contribution is -0.122. The van der Waals surface area contributed by atoms with Crippen LogP contribution in [0.3, 0.4) is 0 Å². The minimum Gasteiger partial charge on any atom is -0.323 e. The second-order valence-electron chi connectivity index (χ2n) is 5.71. The predicted octanol–water partition coefficient (Wildman–Crippen LogP) is 4.54. The van der Waals surface area contributed by atoms with Gasteiger partial charge >= 0.3 is 0 Å². The molecule has 0 spiro atoms. The number of carbonyl (C=O) groups excluding carboxylic acids is 2. The van der Waals surface area contributed by atoms with Crippen LogP contribution in [0.5, 0.6) is 0 Å². The third kappa shape index (κ3) is 5.35. The molecule has 0 aliphatic rings. The van der Waals surface area contributed by atoms with Gasteiger partial charge in [0.15, 0.2) is 0 Å². The van der Waals surface area contributed by atoms with Crippen molar-refractivity contribution in [2.45, 2.75) is 13.0 Å². The molecule has 26 heavy (non-hydrogen) atoms. The zero-order valence-electron chi connectivity index (χ0n) is 14.2. The van der Waals surface area contributed by atoms with Crippen LogP contribution in [0.15, 0.2) is 42.5 Å². The van der Waals surface area contributed by atoms with E-state index in [0.717, 1.165) is 0 Å². The summed E-state index contributed by atoms with van der Waals surface area (Å²) in [6, 6.07) is 11.3. The van der Waals surface area contributed by atoms with Crippen LogP contribution < -0.4 is 10.6 Å². The molecule has 2 amide bonds. The molecular formula is C18H18Cl3N3O2. The van der Waals surface area contributed by atoms with Gasteiger partial charge in [-0.3, -0.25) is 14.5 Å². The lowest BCUT2D eigenvalue weighted by Gasteiger charge is -2.23. The zero-order valence-corrected chi connectivity index (χ0v) is 16.5. The number of anilines is 2. The largest absolute Gasteiger partial charge is 0.323 e. The Bertz CT molecular complexity index is 794. The highest BCUT2D eigenvalue weighted by Crippen LogP contribution is 2.29. The molecule has 0 saturated heterocycles. The van der Waals surface area contributed by atoms with Crippen molar-refractivity contribution in [3.8, 4) is 0 Å². The Labute approximate surface area is 167 Å². The normalized spacial score (nSPS) is 11.9. The summed E-state index contributed by atoms with van der Waals surface area (Å²) in [5.41, 5.74) is 0.870. The van der Waals surface area contributed by atoms with Crippen LogP contribution in [0.25, 0.3) is 0 Å². The van der Waals surface area contributed by atoms with E-state index in [2.05, 4.69) is 10.6 Å². The maximum Gasteiger partial charge on any atom is 0.241 e. The quantitative estimate of drug-likeness (QED) is 0.729. The van der Waals surface area contributed by atoms with Crippen LogP contribution in [0.1, 0.15) is 6.92 Å². The molecule has 0 bridgehead atoms. The van der Waals surface area contributed by atoms with Gasteiger partial charge in [-0.15, -0.1) is 0 Å². The molecule has 0 radical (unpaired) electrons. The molecule has 1 atom stereocenters. The van der Waals surface area contributed by atoms with E-state index in [1.807, 2.05) is 0 Å². The van der Waals surface area contributed by atoms with E-state index in [4.69, 9.17) is 34.8 Å². The molecule has 2 aromatic rings. The molecule has 0 aliphatic carbocycles. The summed E-state index contributed by atoms with van der Waals surface area (Å²) in [5, 5.41) is 6.55. The molecule has 5 nitrogen and oxygen atoms in total. The monoisotopic (exact) mass is 413 g/mol. The van der Waals surface area contributed by atoms with E-state index in [-0.39, 0.29) is 18.4 Å². The topological polar surface area (TPSA) is 61.4 Å². The van der Waals surface area contributed by atoms with Gasteiger partial charge in [0.1, 0.15) is 0 Å². The van der Waals surface area contributed by atoms with E-state index in [0.29, 0.717) is 26.4 Å². The molecule has 0 aliphatic heterocycles. The molecule has 0 aromatic heterocycles. The molecule has 2 aromatic carbocycles. The number of para-hydroxylation sites is 2. The first-order chi connectivity index (χ1) is 12.3. The average Bonchev–Trinajstić information content (AvgIpc) is 2.59. The molecule has 0 fully saturated rings. The Kier molecular flexibility index (Phi) is 7.29. The first kappa shape index (κ1) is 20.5. The van der Waals surface area contributed by atoms with Crippen molar-refractivity contribution in [1.82, 2.24) is 4.90 Å². The van der Waals surface area contributed by atoms with Crippen LogP contribution in [0.2, 0.25) is 15.1 Å². The van der Waals surface area contributed by atoms with Crippen LogP contribution >= 0.6 is 34.8 Å². The first-order valence-corrected chi connectivity index (χ1v) is 8.92. The third-order valence-corrected chi connectivity index (χ3v) is 4.75. The maximum atomic E-state index is 12.4. The predicted molar refractivity (Wildman–Crippen MR) is 107 cm³/mol. The highest BCUT2D eigenvalue weighted by Gasteiger charge is 2.21. The van der Waals surface area contributed by atoms with E-state index in [1.165, 1.54) is 0 Å². The van der Waals surface area contributed by atoms with Crippen molar-refractivity contribution in [3.63, 3.8) is 0 Å². The van der Waals surface area contributed by atoms with Gasteiger partial charge in [-0.25, -0.2) is 0 Å². The van der Waals surface area contributed by atoms with Gasteiger partial charge in [0.25, 0.3) is 0 Å². The number of hydrogen-bond donors (Lipinski definition) is 2. The third-order valence-electron chi connectivity index (χ3n) is 3.79. The molecule has 138 valence electrons. The SMILES string of the molecule is CC(C(=O)Nc1ccccc1Cl)N(C)CC(=O)Nc1c(Cl)cccc1Cl. The Balaban J connectivity index is 1.95. The first-order valence-electron chi connectivity index (χ1n) is 7.79. The highest BCUT2D eigenvalue weighted by molar-refractivity contribution is 6.39. The molecule has 2 N–H and O–H groups in total. The number of benzene rings is 2. The average molecular weight is 415 g/mol. The van der Waals surface area contributed by atoms with E-state index < -0.39 is 6.04 Å². The van der Waals surface area contributed by atoms with Gasteiger partial charge < -0.3 is 10.6 Å². The van der Waals surface area contributed by atoms with Gasteiger partial charge in [0, 0.05) is 0 Å². The molecular weight excluding hydrogens is 397 g/mol. The van der Waals surface area contributed by atoms with E-state index >= 15 is 0 Å². The number of rotatable bonds is 6. The van der Waals surface area contributed by atoms with Crippen LogP contribution in [0, 0.1) is 0 Å². The maximum absolute atomic E-state index is 12.4. The second kappa shape index (κ2) is 9.24. The van der Waals surface area contributed by atoms with Crippen molar-refractivity contribution < 1.29 is 9.59 Å². The Morgan fingerprint density at radius 3 is 2.15 bits per heavy atom. The van der Waals surface area contributed by atoms with Crippen LogP contribution in [0.4, 0.5) is 11.4 Å². The van der Waals surface area contributed by atoms with Crippen molar-refractivity contribution in [2.24, 2.45) is 0 Å². The number of hydrogen-bond acceptors (Lipinski definition) is 3. The van der Waals surface area contributed by atoms with Crippen molar-refractivity contribution in [1.29, 1.82) is 0 Å². The summed E-state index contributed by atoms with van der Waals surface area (Å²) in [7, 11) is 1.67. The molecule has 8 heteroatoms. The minimum absolute atomic E-state index is 0.0152. The molecule has 0 saturated carbocycles. The molecule has 2 rings (SSSR count). The summed E-state index contributed by atoms with van der Waals surface area (Å²) in [5.74, 6) is -0.607. The standard InChI is InChI=1S/C18H18Cl3N3O2/c1-11(18(26)22-15-9-4-3-6-12(15)19)24(2)10-16(25)23-17-13(20)7-5-8-14(17)21/h3-9,11H,10H2,1-2H3,(H,22,26)(H,23,25).